The van der Waals surface area contributed by atoms with Gasteiger partial charge in [-0.25, -0.2) is 0 Å². The number of nitrogen functional groups attached to an aromatic ring is 1. The minimum atomic E-state index is -0.103. The molecule has 0 aliphatic heterocycles. The fourth-order valence-electron chi connectivity index (χ4n) is 3.88. The zero-order valence-electron chi connectivity index (χ0n) is 23.5. The smallest absolute Gasteiger partial charge is 0.160 e. The highest BCUT2D eigenvalue weighted by molar-refractivity contribution is 9.11. The minimum Gasteiger partial charge on any atom is -0.496 e. The first-order chi connectivity index (χ1) is 19.4. The maximum absolute atomic E-state index is 11.4. The van der Waals surface area contributed by atoms with Crippen molar-refractivity contribution in [3.63, 3.8) is 0 Å². The molecule has 0 spiro atoms. The third-order valence-electron chi connectivity index (χ3n) is 5.78. The molecule has 3 aromatic carbocycles. The Hall–Kier alpha value is -2.95. The highest BCUT2D eigenvalue weighted by Crippen LogP contribution is 2.34. The van der Waals surface area contributed by atoms with Crippen molar-refractivity contribution in [3.8, 4) is 17.2 Å². The van der Waals surface area contributed by atoms with Gasteiger partial charge >= 0.3 is 0 Å². The molecule has 41 heavy (non-hydrogen) atoms. The highest BCUT2D eigenvalue weighted by Gasteiger charge is 2.17. The maximum atomic E-state index is 11.4. The fourth-order valence-corrected chi connectivity index (χ4v) is 5.20. The lowest BCUT2D eigenvalue weighted by molar-refractivity contribution is -0.125. The second-order valence-electron chi connectivity index (χ2n) is 9.07. The molecular weight excluding hydrogens is 722 g/mol. The Balaban J connectivity index is 0.000000221. The first kappa shape index (κ1) is 34.3. The summed E-state index contributed by atoms with van der Waals surface area (Å²) < 4.78 is 18.0. The Morgan fingerprint density at radius 3 is 1.95 bits per heavy atom. The summed E-state index contributed by atoms with van der Waals surface area (Å²) in [6, 6.07) is 14.8. The van der Waals surface area contributed by atoms with E-state index in [2.05, 4.69) is 47.8 Å². The zero-order chi connectivity index (χ0) is 30.7. The summed E-state index contributed by atoms with van der Waals surface area (Å²) in [5.74, 6) is 2.21. The van der Waals surface area contributed by atoms with Crippen LogP contribution in [0.4, 0.5) is 5.69 Å². The third kappa shape index (κ3) is 10.8. The Morgan fingerprint density at radius 1 is 0.829 bits per heavy atom. The number of carbonyl (C=O) groups excluding carboxylic acids is 3. The maximum Gasteiger partial charge on any atom is 0.160 e. The summed E-state index contributed by atoms with van der Waals surface area (Å²) in [7, 11) is 4.81. The molecule has 1 aliphatic carbocycles. The van der Waals surface area contributed by atoms with E-state index in [4.69, 9.17) is 19.9 Å². The van der Waals surface area contributed by atoms with Crippen molar-refractivity contribution in [2.45, 2.75) is 33.1 Å². The molecule has 10 heteroatoms. The lowest BCUT2D eigenvalue weighted by Gasteiger charge is -2.16. The number of Topliss-reactive ketones (excluding diaryl/α,β-unsaturated/α-hetero) is 2. The van der Waals surface area contributed by atoms with E-state index in [1.807, 2.05) is 43.3 Å². The van der Waals surface area contributed by atoms with Crippen LogP contribution >= 0.6 is 47.8 Å². The molecule has 0 saturated carbocycles. The summed E-state index contributed by atoms with van der Waals surface area (Å²) in [5.41, 5.74) is 10.3. The van der Waals surface area contributed by atoms with Crippen molar-refractivity contribution in [2.24, 2.45) is 0 Å². The summed E-state index contributed by atoms with van der Waals surface area (Å²) in [6.45, 7) is 3.37. The Morgan fingerprint density at radius 2 is 1.39 bits per heavy atom. The minimum absolute atomic E-state index is 0.00161. The van der Waals surface area contributed by atoms with Gasteiger partial charge in [0.05, 0.1) is 41.2 Å². The number of carbonyl (C=O) groups is 3. The number of hydrogen-bond donors (Lipinski definition) is 1. The van der Waals surface area contributed by atoms with Crippen LogP contribution in [-0.2, 0) is 27.2 Å². The lowest BCUT2D eigenvalue weighted by atomic mass is 9.91. The van der Waals surface area contributed by atoms with Gasteiger partial charge in [0.1, 0.15) is 28.8 Å². The number of fused-ring (bicyclic) bond motifs is 1. The molecule has 0 saturated heterocycles. The summed E-state index contributed by atoms with van der Waals surface area (Å²) in [6.07, 6.45) is 2.43. The van der Waals surface area contributed by atoms with E-state index in [-0.39, 0.29) is 30.2 Å². The summed E-state index contributed by atoms with van der Waals surface area (Å²) in [4.78, 5) is 33.6. The topological polar surface area (TPSA) is 105 Å². The molecule has 0 aromatic heterocycles. The molecule has 0 amide bonds. The number of ether oxygens (including phenoxy) is 3. The van der Waals surface area contributed by atoms with Crippen molar-refractivity contribution in [3.05, 3.63) is 84.7 Å². The zero-order valence-corrected chi connectivity index (χ0v) is 28.2. The van der Waals surface area contributed by atoms with Crippen LogP contribution in [0.1, 0.15) is 37.0 Å². The van der Waals surface area contributed by atoms with Gasteiger partial charge in [0.25, 0.3) is 0 Å². The second kappa shape index (κ2) is 16.5. The molecular formula is C31H32Br3NO6. The molecule has 3 aromatic rings. The van der Waals surface area contributed by atoms with Crippen LogP contribution < -0.4 is 19.9 Å². The molecule has 0 fully saturated rings. The molecule has 0 radical (unpaired) electrons. The standard InChI is InChI=1S/C12H13BrO3.C12H11BrO2.C7H8BrNO/c1-8(14)5-10(15)6-9-3-4-11(13)12(7-9)16-2;1-7-3-9(14)4-8-5-12(15-2)11(13)6-10(7)8;1-10-7-4-5(9)2-3-6(7)8/h3-4,7H,5-6H2,1-2H3;3,5-6H,4H2,1-2H3;2-4H,9H2,1H3. The Kier molecular flexibility index (Phi) is 13.8. The number of halogens is 3. The number of anilines is 1. The van der Waals surface area contributed by atoms with E-state index in [9.17, 15) is 14.4 Å². The average Bonchev–Trinajstić information content (AvgIpc) is 2.91. The number of allylic oxidation sites excluding steroid dienone is 2. The summed E-state index contributed by atoms with van der Waals surface area (Å²) >= 11 is 10.1. The first-order valence-electron chi connectivity index (χ1n) is 12.4. The van der Waals surface area contributed by atoms with Crippen LogP contribution in [-0.4, -0.2) is 38.7 Å². The van der Waals surface area contributed by atoms with Crippen LogP contribution in [0.25, 0.3) is 5.57 Å². The molecule has 0 heterocycles. The molecule has 7 nitrogen and oxygen atoms in total. The molecule has 0 bridgehead atoms. The summed E-state index contributed by atoms with van der Waals surface area (Å²) in [5, 5.41) is 0. The predicted octanol–water partition coefficient (Wildman–Crippen LogP) is 7.57. The monoisotopic (exact) mass is 751 g/mol. The van der Waals surface area contributed by atoms with Crippen LogP contribution in [0.3, 0.4) is 0 Å². The Bertz CT molecular complexity index is 1450. The number of nitrogens with two attached hydrogens (primary N) is 1. The molecule has 2 N–H and O–H groups in total. The van der Waals surface area contributed by atoms with Crippen molar-refractivity contribution >= 4 is 76.4 Å². The number of rotatable bonds is 7. The van der Waals surface area contributed by atoms with Crippen LogP contribution in [0.2, 0.25) is 0 Å². The molecule has 218 valence electrons. The second-order valence-corrected chi connectivity index (χ2v) is 11.6. The van der Waals surface area contributed by atoms with E-state index >= 15 is 0 Å². The van der Waals surface area contributed by atoms with Crippen molar-refractivity contribution in [1.82, 2.24) is 0 Å². The SMILES string of the molecule is COc1cc(CC(=O)CC(C)=O)ccc1Br.COc1cc(N)ccc1Br.COc1cc2c(cc1Br)C(C)=CC(=O)C2. The third-order valence-corrected chi connectivity index (χ3v) is 7.71. The van der Waals surface area contributed by atoms with Gasteiger partial charge in [-0.3, -0.25) is 14.4 Å². The number of methoxy groups -OCH3 is 3. The molecule has 0 atom stereocenters. The molecule has 0 unspecified atom stereocenters. The highest BCUT2D eigenvalue weighted by atomic mass is 79.9. The van der Waals surface area contributed by atoms with Gasteiger partial charge in [0, 0.05) is 24.6 Å². The van der Waals surface area contributed by atoms with Gasteiger partial charge in [-0.05, 0) is 126 Å². The quantitative estimate of drug-likeness (QED) is 0.196. The van der Waals surface area contributed by atoms with Crippen LogP contribution in [0.15, 0.2) is 68.0 Å². The van der Waals surface area contributed by atoms with Crippen LogP contribution in [0.5, 0.6) is 17.2 Å². The largest absolute Gasteiger partial charge is 0.496 e. The van der Waals surface area contributed by atoms with Crippen molar-refractivity contribution in [1.29, 1.82) is 0 Å². The van der Waals surface area contributed by atoms with Gasteiger partial charge in [-0.1, -0.05) is 6.07 Å². The van der Waals surface area contributed by atoms with E-state index < -0.39 is 0 Å². The van der Waals surface area contributed by atoms with Gasteiger partial charge in [-0.15, -0.1) is 0 Å². The first-order valence-corrected chi connectivity index (χ1v) is 14.8. The number of hydrogen-bond acceptors (Lipinski definition) is 7. The van der Waals surface area contributed by atoms with Crippen LogP contribution in [0, 0.1) is 0 Å². The van der Waals surface area contributed by atoms with Gasteiger partial charge in [-0.2, -0.15) is 0 Å². The fraction of sp³-hybridized carbons (Fsp3) is 0.258. The van der Waals surface area contributed by atoms with Gasteiger partial charge in [0.2, 0.25) is 0 Å². The normalized spacial score (nSPS) is 11.5. The number of ketones is 3. The average molecular weight is 754 g/mol. The van der Waals surface area contributed by atoms with E-state index in [0.29, 0.717) is 17.9 Å². The molecule has 4 rings (SSSR count). The Labute approximate surface area is 265 Å². The van der Waals surface area contributed by atoms with E-state index in [1.54, 1.807) is 39.5 Å². The van der Waals surface area contributed by atoms with E-state index in [0.717, 1.165) is 47.2 Å². The van der Waals surface area contributed by atoms with Crippen molar-refractivity contribution in [2.75, 3.05) is 27.1 Å². The van der Waals surface area contributed by atoms with E-state index in [1.165, 1.54) is 6.92 Å². The lowest BCUT2D eigenvalue weighted by Crippen LogP contribution is -2.08. The predicted molar refractivity (Wildman–Crippen MR) is 173 cm³/mol. The van der Waals surface area contributed by atoms with Crippen molar-refractivity contribution < 1.29 is 28.6 Å². The van der Waals surface area contributed by atoms with Gasteiger partial charge in [0.15, 0.2) is 5.78 Å². The van der Waals surface area contributed by atoms with Gasteiger partial charge < -0.3 is 19.9 Å². The molecule has 1 aliphatic rings. The number of benzene rings is 3.